The zero-order chi connectivity index (χ0) is 16.9. The van der Waals surface area contributed by atoms with Crippen LogP contribution in [0.2, 0.25) is 0 Å². The van der Waals surface area contributed by atoms with Crippen molar-refractivity contribution in [3.63, 3.8) is 0 Å². The van der Waals surface area contributed by atoms with Crippen molar-refractivity contribution < 1.29 is 0 Å². The average molecular weight is 384 g/mol. The molecule has 3 aromatic rings. The summed E-state index contributed by atoms with van der Waals surface area (Å²) in [6.07, 6.45) is 5.55. The van der Waals surface area contributed by atoms with Crippen LogP contribution in [0.25, 0.3) is 0 Å². The first-order valence-electron chi connectivity index (χ1n) is 9.11. The van der Waals surface area contributed by atoms with Crippen molar-refractivity contribution >= 4 is 48.6 Å². The molecule has 1 heterocycles. The van der Waals surface area contributed by atoms with Gasteiger partial charge in [0.2, 0.25) is 0 Å². The van der Waals surface area contributed by atoms with Gasteiger partial charge in [-0.1, -0.05) is 98.9 Å². The Morgan fingerprint density at radius 2 is 1.19 bits per heavy atom. The lowest BCUT2D eigenvalue weighted by molar-refractivity contribution is 0.841. The fraction of sp³-hybridized carbons (Fsp3) is 0.217. The minimum absolute atomic E-state index is 0. The second-order valence-electron chi connectivity index (χ2n) is 6.61. The lowest BCUT2D eigenvalue weighted by Crippen LogP contribution is -2.21. The SMILES string of the molecule is [B].[B].c1ccc(P(CC2CCC[P@@]2c2ccccc2)c2ccccc2)cc1. The van der Waals surface area contributed by atoms with Crippen LogP contribution in [0.1, 0.15) is 12.8 Å². The van der Waals surface area contributed by atoms with Crippen LogP contribution < -0.4 is 15.9 Å². The molecule has 0 aromatic heterocycles. The van der Waals surface area contributed by atoms with Crippen LogP contribution in [-0.4, -0.2) is 34.8 Å². The number of hydrogen-bond acceptors (Lipinski definition) is 0. The van der Waals surface area contributed by atoms with Crippen LogP contribution in [-0.2, 0) is 0 Å². The summed E-state index contributed by atoms with van der Waals surface area (Å²) in [7, 11) is -0.263. The van der Waals surface area contributed by atoms with Crippen LogP contribution in [0, 0.1) is 0 Å². The second kappa shape index (κ2) is 10.8. The van der Waals surface area contributed by atoms with Gasteiger partial charge in [-0.15, -0.1) is 0 Å². The molecule has 0 amide bonds. The number of hydrogen-bond donors (Lipinski definition) is 0. The summed E-state index contributed by atoms with van der Waals surface area (Å²) in [6.45, 7) is 0. The van der Waals surface area contributed by atoms with Gasteiger partial charge in [-0.25, -0.2) is 0 Å². The van der Waals surface area contributed by atoms with Gasteiger partial charge >= 0.3 is 0 Å². The molecule has 0 bridgehead atoms. The fourth-order valence-corrected chi connectivity index (χ4v) is 10.1. The molecule has 6 radical (unpaired) electrons. The Morgan fingerprint density at radius 3 is 1.70 bits per heavy atom. The van der Waals surface area contributed by atoms with Crippen molar-refractivity contribution in [1.29, 1.82) is 0 Å². The van der Waals surface area contributed by atoms with Gasteiger partial charge in [-0.2, -0.15) is 0 Å². The van der Waals surface area contributed by atoms with Gasteiger partial charge in [-0.05, 0) is 54.7 Å². The minimum atomic E-state index is -0.263. The van der Waals surface area contributed by atoms with Gasteiger partial charge in [0.1, 0.15) is 0 Å². The smallest absolute Gasteiger partial charge is 0 e. The summed E-state index contributed by atoms with van der Waals surface area (Å²) < 4.78 is 0. The van der Waals surface area contributed by atoms with Gasteiger partial charge in [0.05, 0.1) is 0 Å². The maximum atomic E-state index is 2.36. The molecule has 0 aliphatic carbocycles. The van der Waals surface area contributed by atoms with E-state index in [9.17, 15) is 0 Å². The molecule has 4 heteroatoms. The molecule has 4 rings (SSSR count). The van der Waals surface area contributed by atoms with Gasteiger partial charge in [-0.3, -0.25) is 0 Å². The Kier molecular flexibility index (Phi) is 8.82. The van der Waals surface area contributed by atoms with E-state index < -0.39 is 0 Å². The van der Waals surface area contributed by atoms with Gasteiger partial charge in [0.25, 0.3) is 0 Å². The van der Waals surface area contributed by atoms with E-state index in [2.05, 4.69) is 91.0 Å². The molecule has 1 fully saturated rings. The Bertz CT molecular complexity index is 742. The Morgan fingerprint density at radius 1 is 0.704 bits per heavy atom. The Balaban J connectivity index is 0.00000131. The first-order valence-corrected chi connectivity index (χ1v) is 12.2. The molecule has 0 saturated carbocycles. The quantitative estimate of drug-likeness (QED) is 0.454. The molecule has 1 aliphatic heterocycles. The van der Waals surface area contributed by atoms with Crippen LogP contribution in [0.4, 0.5) is 0 Å². The molecule has 1 aliphatic rings. The first-order chi connectivity index (χ1) is 12.4. The molecule has 1 saturated heterocycles. The van der Waals surface area contributed by atoms with Crippen LogP contribution in [0.15, 0.2) is 91.0 Å². The monoisotopic (exact) mass is 384 g/mol. The highest BCUT2D eigenvalue weighted by Crippen LogP contribution is 2.53. The van der Waals surface area contributed by atoms with Crippen molar-refractivity contribution in [3.8, 4) is 0 Å². The largest absolute Gasteiger partial charge is 0.0718 e. The first kappa shape index (κ1) is 21.9. The normalized spacial score (nSPS) is 18.6. The third-order valence-corrected chi connectivity index (χ3v) is 11.0. The molecule has 0 N–H and O–H groups in total. The van der Waals surface area contributed by atoms with Gasteiger partial charge in [0.15, 0.2) is 0 Å². The fourth-order valence-electron chi connectivity index (χ4n) is 3.77. The molecule has 132 valence electrons. The summed E-state index contributed by atoms with van der Waals surface area (Å²) in [5.74, 6) is 0. The summed E-state index contributed by atoms with van der Waals surface area (Å²) in [4.78, 5) is 0. The van der Waals surface area contributed by atoms with Crippen molar-refractivity contribution in [2.75, 3.05) is 12.3 Å². The highest BCUT2D eigenvalue weighted by molar-refractivity contribution is 7.74. The zero-order valence-electron chi connectivity index (χ0n) is 15.6. The van der Waals surface area contributed by atoms with Gasteiger partial charge in [0, 0.05) is 16.8 Å². The highest BCUT2D eigenvalue weighted by Gasteiger charge is 2.31. The zero-order valence-corrected chi connectivity index (χ0v) is 17.4. The molecule has 1 unspecified atom stereocenters. The number of benzene rings is 3. The van der Waals surface area contributed by atoms with Crippen LogP contribution in [0.3, 0.4) is 0 Å². The molecule has 27 heavy (non-hydrogen) atoms. The highest BCUT2D eigenvalue weighted by atomic mass is 31.1. The lowest BCUT2D eigenvalue weighted by atomic mass is 10.3. The van der Waals surface area contributed by atoms with E-state index in [1.54, 1.807) is 5.30 Å². The molecule has 3 aromatic carbocycles. The van der Waals surface area contributed by atoms with Crippen LogP contribution in [0.5, 0.6) is 0 Å². The van der Waals surface area contributed by atoms with E-state index in [0.717, 1.165) is 5.66 Å². The molecular weight excluding hydrogens is 360 g/mol. The molecule has 2 atom stereocenters. The predicted octanol–water partition coefficient (Wildman–Crippen LogP) is 4.33. The van der Waals surface area contributed by atoms with E-state index >= 15 is 0 Å². The average Bonchev–Trinajstić information content (AvgIpc) is 3.16. The summed E-state index contributed by atoms with van der Waals surface area (Å²) in [5, 5.41) is 4.66. The topological polar surface area (TPSA) is 0 Å². The Hall–Kier alpha value is -1.35. The summed E-state index contributed by atoms with van der Waals surface area (Å²) in [6, 6.07) is 33.7. The predicted molar refractivity (Wildman–Crippen MR) is 126 cm³/mol. The summed E-state index contributed by atoms with van der Waals surface area (Å²) in [5.41, 5.74) is 0.865. The summed E-state index contributed by atoms with van der Waals surface area (Å²) >= 11 is 0. The van der Waals surface area contributed by atoms with E-state index in [0.29, 0.717) is 0 Å². The van der Waals surface area contributed by atoms with E-state index in [1.807, 2.05) is 0 Å². The number of rotatable bonds is 5. The maximum Gasteiger partial charge on any atom is 0 e. The van der Waals surface area contributed by atoms with Crippen LogP contribution >= 0.6 is 15.8 Å². The van der Waals surface area contributed by atoms with E-state index in [4.69, 9.17) is 0 Å². The molecule has 0 spiro atoms. The van der Waals surface area contributed by atoms with E-state index in [-0.39, 0.29) is 32.7 Å². The standard InChI is InChI=1S/C23H24P2.2B/c1-4-11-20(12-5-1)24-18-10-17-23(24)19-25(21-13-6-2-7-14-21)22-15-8-3-9-16-22;;/h1-9,11-16,23H,10,17-19H2;;/t23?,24-;;/m0../s1. The lowest BCUT2D eigenvalue weighted by Gasteiger charge is -2.27. The maximum absolute atomic E-state index is 2.36. The Labute approximate surface area is 170 Å². The van der Waals surface area contributed by atoms with Crippen molar-refractivity contribution in [2.24, 2.45) is 0 Å². The molecular formula is C23H24B2P2. The minimum Gasteiger partial charge on any atom is -0.0718 e. The third-order valence-electron chi connectivity index (χ3n) is 4.99. The third kappa shape index (κ3) is 5.34. The van der Waals surface area contributed by atoms with Crippen molar-refractivity contribution in [2.45, 2.75) is 18.5 Å². The van der Waals surface area contributed by atoms with Crippen molar-refractivity contribution in [1.82, 2.24) is 0 Å². The van der Waals surface area contributed by atoms with Gasteiger partial charge < -0.3 is 0 Å². The molecule has 0 nitrogen and oxygen atoms in total. The van der Waals surface area contributed by atoms with E-state index in [1.165, 1.54) is 35.8 Å². The second-order valence-corrected chi connectivity index (χ2v) is 11.5. The van der Waals surface area contributed by atoms with Crippen molar-refractivity contribution in [3.05, 3.63) is 91.0 Å².